The number of hydrogen-bond acceptors (Lipinski definition) is 6. The van der Waals surface area contributed by atoms with Gasteiger partial charge in [-0.1, -0.05) is 6.42 Å². The van der Waals surface area contributed by atoms with Gasteiger partial charge in [0.25, 0.3) is 0 Å². The van der Waals surface area contributed by atoms with Crippen molar-refractivity contribution in [2.75, 3.05) is 26.5 Å². The first-order valence-corrected chi connectivity index (χ1v) is 10.1. The summed E-state index contributed by atoms with van der Waals surface area (Å²) in [5.74, 6) is 0.516. The van der Waals surface area contributed by atoms with E-state index in [9.17, 15) is 13.2 Å². The molecule has 2 heterocycles. The van der Waals surface area contributed by atoms with Crippen LogP contribution in [0.2, 0.25) is 0 Å². The van der Waals surface area contributed by atoms with Crippen molar-refractivity contribution in [2.24, 2.45) is 0 Å². The van der Waals surface area contributed by atoms with E-state index >= 15 is 0 Å². The summed E-state index contributed by atoms with van der Waals surface area (Å²) < 4.78 is 35.3. The van der Waals surface area contributed by atoms with Crippen molar-refractivity contribution in [3.8, 4) is 0 Å². The third-order valence-electron chi connectivity index (χ3n) is 4.29. The molecule has 0 saturated carbocycles. The molecule has 1 aliphatic rings. The number of sulfonamides is 1. The number of piperidine rings is 1. The van der Waals surface area contributed by atoms with Gasteiger partial charge in [-0.15, -0.1) is 0 Å². The van der Waals surface area contributed by atoms with Gasteiger partial charge in [-0.3, -0.25) is 4.90 Å². The summed E-state index contributed by atoms with van der Waals surface area (Å²) in [5, 5.41) is 0. The molecule has 1 atom stereocenters. The van der Waals surface area contributed by atoms with Gasteiger partial charge >= 0.3 is 5.97 Å². The molecule has 7 nitrogen and oxygen atoms in total. The number of carbonyl (C=O) groups excluding carboxylic acids is 1. The predicted octanol–water partition coefficient (Wildman–Crippen LogP) is 1.67. The second kappa shape index (κ2) is 8.13. The van der Waals surface area contributed by atoms with Gasteiger partial charge in [-0.05, 0) is 38.8 Å². The molecule has 0 amide bonds. The summed E-state index contributed by atoms with van der Waals surface area (Å²) in [5.41, 5.74) is 0.768. The summed E-state index contributed by atoms with van der Waals surface area (Å²) in [7, 11) is -1.82. The van der Waals surface area contributed by atoms with Gasteiger partial charge in [-0.25, -0.2) is 17.9 Å². The Kier molecular flexibility index (Phi) is 6.42. The first-order chi connectivity index (χ1) is 11.3. The molecule has 2 rings (SSSR count). The molecule has 0 spiro atoms. The second-order valence-corrected chi connectivity index (χ2v) is 8.12. The summed E-state index contributed by atoms with van der Waals surface area (Å²) in [4.78, 5) is 13.9. The molecular weight excluding hydrogens is 332 g/mol. The summed E-state index contributed by atoms with van der Waals surface area (Å²) in [6.07, 6.45) is 5.22. The van der Waals surface area contributed by atoms with Gasteiger partial charge in [0, 0.05) is 18.2 Å². The number of nitrogens with one attached hydrogen (secondary N) is 1. The SMILES string of the molecule is COC(=O)c1oc(CN2CCCC[C@@H]2CCNS(C)(=O)=O)cc1C. The van der Waals surface area contributed by atoms with Gasteiger partial charge in [-0.2, -0.15) is 0 Å². The van der Waals surface area contributed by atoms with E-state index in [-0.39, 0.29) is 5.76 Å². The molecule has 0 aromatic carbocycles. The lowest BCUT2D eigenvalue weighted by atomic mass is 9.99. The van der Waals surface area contributed by atoms with E-state index in [1.165, 1.54) is 13.4 Å². The van der Waals surface area contributed by atoms with Crippen molar-refractivity contribution in [2.45, 2.75) is 45.2 Å². The Hall–Kier alpha value is -1.38. The Labute approximate surface area is 143 Å². The van der Waals surface area contributed by atoms with Crippen LogP contribution in [0.15, 0.2) is 10.5 Å². The third-order valence-corrected chi connectivity index (χ3v) is 5.02. The number of aryl methyl sites for hydroxylation is 1. The van der Waals surface area contributed by atoms with Crippen molar-refractivity contribution in [1.29, 1.82) is 0 Å². The van der Waals surface area contributed by atoms with E-state index < -0.39 is 16.0 Å². The molecule has 24 heavy (non-hydrogen) atoms. The molecule has 0 aliphatic carbocycles. The lowest BCUT2D eigenvalue weighted by Gasteiger charge is -2.35. The highest BCUT2D eigenvalue weighted by atomic mass is 32.2. The minimum atomic E-state index is -3.15. The van der Waals surface area contributed by atoms with Crippen molar-refractivity contribution in [3.63, 3.8) is 0 Å². The number of nitrogens with zero attached hydrogens (tertiary/aromatic N) is 1. The molecule has 1 fully saturated rings. The monoisotopic (exact) mass is 358 g/mol. The van der Waals surface area contributed by atoms with Crippen LogP contribution in [0.4, 0.5) is 0 Å². The van der Waals surface area contributed by atoms with Crippen LogP contribution in [-0.4, -0.2) is 51.8 Å². The molecule has 1 aromatic heterocycles. The van der Waals surface area contributed by atoms with E-state index in [2.05, 4.69) is 9.62 Å². The van der Waals surface area contributed by atoms with Gasteiger partial charge in [0.05, 0.1) is 19.9 Å². The minimum Gasteiger partial charge on any atom is -0.463 e. The van der Waals surface area contributed by atoms with Crippen LogP contribution in [0, 0.1) is 6.92 Å². The molecule has 0 unspecified atom stereocenters. The van der Waals surface area contributed by atoms with E-state index in [1.54, 1.807) is 0 Å². The van der Waals surface area contributed by atoms with Crippen molar-refractivity contribution in [3.05, 3.63) is 23.2 Å². The quantitative estimate of drug-likeness (QED) is 0.746. The zero-order valence-electron chi connectivity index (χ0n) is 14.5. The number of carbonyl (C=O) groups is 1. The van der Waals surface area contributed by atoms with E-state index in [0.29, 0.717) is 19.1 Å². The fraction of sp³-hybridized carbons (Fsp3) is 0.688. The zero-order chi connectivity index (χ0) is 17.7. The fourth-order valence-corrected chi connectivity index (χ4v) is 3.62. The smallest absolute Gasteiger partial charge is 0.374 e. The van der Waals surface area contributed by atoms with Gasteiger partial charge < -0.3 is 9.15 Å². The van der Waals surface area contributed by atoms with Gasteiger partial charge in [0.15, 0.2) is 0 Å². The van der Waals surface area contributed by atoms with Crippen LogP contribution in [-0.2, 0) is 21.3 Å². The molecule has 1 aromatic rings. The number of likely N-dealkylation sites (tertiary alicyclic amines) is 1. The summed E-state index contributed by atoms with van der Waals surface area (Å²) >= 11 is 0. The number of furan rings is 1. The molecule has 1 aliphatic heterocycles. The molecule has 1 N–H and O–H groups in total. The average molecular weight is 358 g/mol. The van der Waals surface area contributed by atoms with E-state index in [1.807, 2.05) is 13.0 Å². The minimum absolute atomic E-state index is 0.250. The lowest BCUT2D eigenvalue weighted by Crippen LogP contribution is -2.41. The van der Waals surface area contributed by atoms with Crippen LogP contribution in [0.25, 0.3) is 0 Å². The van der Waals surface area contributed by atoms with Crippen molar-refractivity contribution in [1.82, 2.24) is 9.62 Å². The Morgan fingerprint density at radius 2 is 2.21 bits per heavy atom. The van der Waals surface area contributed by atoms with Crippen molar-refractivity contribution < 1.29 is 22.4 Å². The topological polar surface area (TPSA) is 88.8 Å². The maximum absolute atomic E-state index is 11.6. The van der Waals surface area contributed by atoms with Crippen LogP contribution < -0.4 is 4.72 Å². The van der Waals surface area contributed by atoms with Crippen molar-refractivity contribution >= 4 is 16.0 Å². The third kappa shape index (κ3) is 5.32. The van der Waals surface area contributed by atoms with Crippen LogP contribution in [0.3, 0.4) is 0 Å². The largest absolute Gasteiger partial charge is 0.463 e. The number of esters is 1. The fourth-order valence-electron chi connectivity index (χ4n) is 3.13. The number of hydrogen-bond donors (Lipinski definition) is 1. The Bertz CT molecular complexity index is 668. The standard InChI is InChI=1S/C16H26N2O5S/c1-12-10-14(23-15(12)16(19)22-2)11-18-9-5-4-6-13(18)7-8-17-24(3,20)21/h10,13,17H,4-9,11H2,1-3H3/t13-/m1/s1. The zero-order valence-corrected chi connectivity index (χ0v) is 15.3. The molecule has 1 saturated heterocycles. The van der Waals surface area contributed by atoms with E-state index in [0.717, 1.165) is 43.6 Å². The summed E-state index contributed by atoms with van der Waals surface area (Å²) in [6, 6.07) is 2.17. The Balaban J connectivity index is 1.99. The number of rotatable bonds is 7. The highest BCUT2D eigenvalue weighted by molar-refractivity contribution is 7.88. The maximum Gasteiger partial charge on any atom is 0.374 e. The molecular formula is C16H26N2O5S. The summed E-state index contributed by atoms with van der Waals surface area (Å²) in [6.45, 7) is 3.81. The lowest BCUT2D eigenvalue weighted by molar-refractivity contribution is 0.0557. The Morgan fingerprint density at radius 3 is 2.88 bits per heavy atom. The number of methoxy groups -OCH3 is 1. The first-order valence-electron chi connectivity index (χ1n) is 8.16. The Morgan fingerprint density at radius 1 is 1.46 bits per heavy atom. The maximum atomic E-state index is 11.6. The molecule has 0 bridgehead atoms. The average Bonchev–Trinajstić information content (AvgIpc) is 2.87. The predicted molar refractivity (Wildman–Crippen MR) is 90.3 cm³/mol. The highest BCUT2D eigenvalue weighted by Crippen LogP contribution is 2.24. The number of ether oxygens (including phenoxy) is 1. The van der Waals surface area contributed by atoms with Crippen LogP contribution in [0.1, 0.15) is 47.6 Å². The van der Waals surface area contributed by atoms with Gasteiger partial charge in [0.2, 0.25) is 15.8 Å². The molecule has 8 heteroatoms. The highest BCUT2D eigenvalue weighted by Gasteiger charge is 2.25. The normalized spacial score (nSPS) is 19.4. The van der Waals surface area contributed by atoms with Gasteiger partial charge in [0.1, 0.15) is 5.76 Å². The van der Waals surface area contributed by atoms with Crippen LogP contribution >= 0.6 is 0 Å². The molecule has 136 valence electrons. The second-order valence-electron chi connectivity index (χ2n) is 6.29. The van der Waals surface area contributed by atoms with Crippen LogP contribution in [0.5, 0.6) is 0 Å². The molecule has 0 radical (unpaired) electrons. The first kappa shape index (κ1) is 19.0. The van der Waals surface area contributed by atoms with E-state index in [4.69, 9.17) is 9.15 Å².